The van der Waals surface area contributed by atoms with Gasteiger partial charge in [-0.2, -0.15) is 0 Å². The highest BCUT2D eigenvalue weighted by Gasteiger charge is 2.13. The first-order valence-corrected chi connectivity index (χ1v) is 7.68. The van der Waals surface area contributed by atoms with Crippen LogP contribution in [-0.4, -0.2) is 36.8 Å². The molecule has 2 N–H and O–H groups in total. The smallest absolute Gasteiger partial charge is 0.237 e. The van der Waals surface area contributed by atoms with Crippen molar-refractivity contribution in [2.75, 3.05) is 17.1 Å². The second kappa shape index (κ2) is 5.58. The molecule has 0 radical (unpaired) electrons. The highest BCUT2D eigenvalue weighted by atomic mass is 32.2. The molecule has 0 saturated carbocycles. The Labute approximate surface area is 112 Å². The van der Waals surface area contributed by atoms with E-state index in [4.69, 9.17) is 4.74 Å². The molecular formula is C12H17N3O3S. The van der Waals surface area contributed by atoms with Gasteiger partial charge in [-0.3, -0.25) is 4.72 Å². The number of aromatic nitrogens is 2. The number of hydrogen-bond donors (Lipinski definition) is 2. The zero-order valence-electron chi connectivity index (χ0n) is 10.9. The Morgan fingerprint density at radius 1 is 1.37 bits per heavy atom. The van der Waals surface area contributed by atoms with Crippen LogP contribution < -0.4 is 4.72 Å². The zero-order chi connectivity index (χ0) is 13.9. The standard InChI is InChI=1S/C12H17N3O3S/c1-9(2)18-7-8-19(16,17)15-12-13-10-5-3-4-6-11(10)14-12/h3-6,9H,7-8H2,1-2H3,(H2,13,14,15). The maximum Gasteiger partial charge on any atom is 0.237 e. The van der Waals surface area contributed by atoms with Gasteiger partial charge in [0.1, 0.15) is 0 Å². The average molecular weight is 283 g/mol. The molecule has 19 heavy (non-hydrogen) atoms. The fraction of sp³-hybridized carbons (Fsp3) is 0.417. The van der Waals surface area contributed by atoms with Gasteiger partial charge in [0.2, 0.25) is 16.0 Å². The van der Waals surface area contributed by atoms with Crippen molar-refractivity contribution in [1.29, 1.82) is 0 Å². The molecule has 0 aliphatic carbocycles. The third-order valence-corrected chi connectivity index (χ3v) is 3.65. The maximum atomic E-state index is 11.8. The van der Waals surface area contributed by atoms with Crippen LogP contribution in [0, 0.1) is 0 Å². The third-order valence-electron chi connectivity index (χ3n) is 2.44. The number of rotatable bonds is 6. The van der Waals surface area contributed by atoms with E-state index in [0.717, 1.165) is 11.0 Å². The molecule has 7 heteroatoms. The largest absolute Gasteiger partial charge is 0.378 e. The van der Waals surface area contributed by atoms with Gasteiger partial charge in [0.25, 0.3) is 0 Å². The van der Waals surface area contributed by atoms with Crippen LogP contribution in [0.2, 0.25) is 0 Å². The zero-order valence-corrected chi connectivity index (χ0v) is 11.7. The topological polar surface area (TPSA) is 84.1 Å². The Balaban J connectivity index is 2.03. The minimum absolute atomic E-state index is 0.0152. The van der Waals surface area contributed by atoms with Crippen molar-refractivity contribution in [3.8, 4) is 0 Å². The Morgan fingerprint density at radius 2 is 2.11 bits per heavy atom. The predicted octanol–water partition coefficient (Wildman–Crippen LogP) is 1.73. The number of sulfonamides is 1. The van der Waals surface area contributed by atoms with Crippen LogP contribution in [0.3, 0.4) is 0 Å². The number of nitrogens with zero attached hydrogens (tertiary/aromatic N) is 1. The first-order valence-electron chi connectivity index (χ1n) is 6.03. The number of nitrogens with one attached hydrogen (secondary N) is 2. The Hall–Kier alpha value is -1.60. The van der Waals surface area contributed by atoms with Crippen molar-refractivity contribution in [3.63, 3.8) is 0 Å². The molecule has 1 heterocycles. The first kappa shape index (κ1) is 13.8. The van der Waals surface area contributed by atoms with E-state index in [0.29, 0.717) is 0 Å². The van der Waals surface area contributed by atoms with Gasteiger partial charge in [0.05, 0.1) is 29.5 Å². The number of hydrogen-bond acceptors (Lipinski definition) is 4. The lowest BCUT2D eigenvalue weighted by Gasteiger charge is -2.08. The average Bonchev–Trinajstić information content (AvgIpc) is 2.68. The third kappa shape index (κ3) is 3.93. The summed E-state index contributed by atoms with van der Waals surface area (Å²) in [5, 5.41) is 0. The number of imidazole rings is 1. The van der Waals surface area contributed by atoms with Crippen molar-refractivity contribution in [2.24, 2.45) is 0 Å². The quantitative estimate of drug-likeness (QED) is 0.845. The van der Waals surface area contributed by atoms with E-state index < -0.39 is 10.0 Å². The lowest BCUT2D eigenvalue weighted by molar-refractivity contribution is 0.0913. The maximum absolute atomic E-state index is 11.8. The van der Waals surface area contributed by atoms with E-state index in [1.807, 2.05) is 38.1 Å². The summed E-state index contributed by atoms with van der Waals surface area (Å²) >= 11 is 0. The number of fused-ring (bicyclic) bond motifs is 1. The SMILES string of the molecule is CC(C)OCCS(=O)(=O)Nc1nc2ccccc2[nH]1. The van der Waals surface area contributed by atoms with Crippen LogP contribution in [-0.2, 0) is 14.8 Å². The second-order valence-electron chi connectivity index (χ2n) is 4.44. The molecule has 104 valence electrons. The number of anilines is 1. The molecule has 0 aliphatic heterocycles. The highest BCUT2D eigenvalue weighted by Crippen LogP contribution is 2.14. The van der Waals surface area contributed by atoms with Gasteiger partial charge < -0.3 is 9.72 Å². The molecule has 2 rings (SSSR count). The molecule has 2 aromatic rings. The van der Waals surface area contributed by atoms with E-state index in [-0.39, 0.29) is 24.4 Å². The van der Waals surface area contributed by atoms with Gasteiger partial charge in [0, 0.05) is 0 Å². The molecule has 1 aromatic carbocycles. The molecule has 0 spiro atoms. The summed E-state index contributed by atoms with van der Waals surface area (Å²) < 4.78 is 31.2. The monoisotopic (exact) mass is 283 g/mol. The number of benzene rings is 1. The molecule has 1 aromatic heterocycles. The lowest BCUT2D eigenvalue weighted by Crippen LogP contribution is -2.22. The van der Waals surface area contributed by atoms with Crippen molar-refractivity contribution in [2.45, 2.75) is 20.0 Å². The lowest BCUT2D eigenvalue weighted by atomic mass is 10.3. The van der Waals surface area contributed by atoms with Crippen LogP contribution >= 0.6 is 0 Å². The molecule has 0 atom stereocenters. The van der Waals surface area contributed by atoms with Crippen LogP contribution in [0.1, 0.15) is 13.8 Å². The summed E-state index contributed by atoms with van der Waals surface area (Å²) in [4.78, 5) is 7.06. The van der Waals surface area contributed by atoms with E-state index in [1.54, 1.807) is 0 Å². The van der Waals surface area contributed by atoms with Crippen LogP contribution in [0.15, 0.2) is 24.3 Å². The summed E-state index contributed by atoms with van der Waals surface area (Å²) in [6.07, 6.45) is 0.0152. The van der Waals surface area contributed by atoms with Gasteiger partial charge in [-0.25, -0.2) is 13.4 Å². The Bertz CT molecular complexity index is 616. The number of ether oxygens (including phenoxy) is 1. The molecule has 0 unspecified atom stereocenters. The number of H-pyrrole nitrogens is 1. The minimum atomic E-state index is -3.45. The Morgan fingerprint density at radius 3 is 2.79 bits per heavy atom. The summed E-state index contributed by atoms with van der Waals surface area (Å²) in [6, 6.07) is 7.35. The van der Waals surface area contributed by atoms with Crippen LogP contribution in [0.5, 0.6) is 0 Å². The van der Waals surface area contributed by atoms with Gasteiger partial charge >= 0.3 is 0 Å². The summed E-state index contributed by atoms with van der Waals surface area (Å²) in [7, 11) is -3.45. The van der Waals surface area contributed by atoms with Gasteiger partial charge in [-0.1, -0.05) is 12.1 Å². The van der Waals surface area contributed by atoms with E-state index >= 15 is 0 Å². The molecule has 0 amide bonds. The van der Waals surface area contributed by atoms with Gasteiger partial charge in [0.15, 0.2) is 0 Å². The second-order valence-corrected chi connectivity index (χ2v) is 6.28. The predicted molar refractivity (Wildman–Crippen MR) is 74.6 cm³/mol. The summed E-state index contributed by atoms with van der Waals surface area (Å²) in [6.45, 7) is 3.88. The Kier molecular flexibility index (Phi) is 4.06. The molecule has 0 aliphatic rings. The van der Waals surface area contributed by atoms with Crippen LogP contribution in [0.25, 0.3) is 11.0 Å². The first-order chi connectivity index (χ1) is 8.96. The summed E-state index contributed by atoms with van der Waals surface area (Å²) in [5.41, 5.74) is 1.51. The molecule has 0 bridgehead atoms. The highest BCUT2D eigenvalue weighted by molar-refractivity contribution is 7.92. The fourth-order valence-electron chi connectivity index (χ4n) is 1.59. The van der Waals surface area contributed by atoms with Crippen molar-refractivity contribution >= 4 is 27.0 Å². The number of aromatic amines is 1. The van der Waals surface area contributed by atoms with E-state index in [9.17, 15) is 8.42 Å². The van der Waals surface area contributed by atoms with Crippen molar-refractivity contribution in [1.82, 2.24) is 9.97 Å². The van der Waals surface area contributed by atoms with Gasteiger partial charge in [-0.05, 0) is 26.0 Å². The van der Waals surface area contributed by atoms with Crippen LogP contribution in [0.4, 0.5) is 5.95 Å². The normalized spacial score (nSPS) is 12.2. The molecule has 0 fully saturated rings. The molecule has 6 nitrogen and oxygen atoms in total. The fourth-order valence-corrected chi connectivity index (χ4v) is 2.40. The molecule has 0 saturated heterocycles. The summed E-state index contributed by atoms with van der Waals surface area (Å²) in [5.74, 6) is 0.133. The number of para-hydroxylation sites is 2. The van der Waals surface area contributed by atoms with E-state index in [2.05, 4.69) is 14.7 Å². The van der Waals surface area contributed by atoms with Gasteiger partial charge in [-0.15, -0.1) is 0 Å². The molecular weight excluding hydrogens is 266 g/mol. The van der Waals surface area contributed by atoms with E-state index in [1.165, 1.54) is 0 Å². The minimum Gasteiger partial charge on any atom is -0.378 e. The van der Waals surface area contributed by atoms with Crippen molar-refractivity contribution < 1.29 is 13.2 Å². The van der Waals surface area contributed by atoms with Crippen molar-refractivity contribution in [3.05, 3.63) is 24.3 Å².